The third-order valence-corrected chi connectivity index (χ3v) is 4.06. The van der Waals surface area contributed by atoms with E-state index >= 15 is 0 Å². The van der Waals surface area contributed by atoms with E-state index in [1.54, 1.807) is 24.3 Å². The van der Waals surface area contributed by atoms with Crippen molar-refractivity contribution >= 4 is 12.0 Å². The summed E-state index contributed by atoms with van der Waals surface area (Å²) in [5, 5.41) is 11.8. The second-order valence-corrected chi connectivity index (χ2v) is 6.21. The number of alkyl halides is 3. The van der Waals surface area contributed by atoms with E-state index in [2.05, 4.69) is 10.1 Å². The Morgan fingerprint density at radius 2 is 1.88 bits per heavy atom. The highest BCUT2D eigenvalue weighted by atomic mass is 19.4. The Balaban J connectivity index is 1.76. The molecule has 1 heterocycles. The number of piperidine rings is 1. The van der Waals surface area contributed by atoms with Crippen LogP contribution in [-0.2, 0) is 22.7 Å². The molecular formula is C17H21F3N2O4. The number of amides is 2. The monoisotopic (exact) mass is 374 g/mol. The minimum atomic E-state index is -4.35. The molecule has 1 fully saturated rings. The van der Waals surface area contributed by atoms with Gasteiger partial charge >= 0.3 is 18.2 Å². The SMILES string of the molecule is O=C(O)C1CCCN(C(=O)NCc2ccc(COCC(F)(F)F)cc2)C1. The van der Waals surface area contributed by atoms with Gasteiger partial charge in [-0.25, -0.2) is 4.79 Å². The van der Waals surface area contributed by atoms with Crippen LogP contribution in [0.15, 0.2) is 24.3 Å². The smallest absolute Gasteiger partial charge is 0.411 e. The summed E-state index contributed by atoms with van der Waals surface area (Å²) in [5.41, 5.74) is 1.38. The van der Waals surface area contributed by atoms with Crippen LogP contribution in [0.25, 0.3) is 0 Å². The second-order valence-electron chi connectivity index (χ2n) is 6.21. The number of nitrogens with one attached hydrogen (secondary N) is 1. The molecule has 0 bridgehead atoms. The van der Waals surface area contributed by atoms with Gasteiger partial charge in [0, 0.05) is 19.6 Å². The maximum atomic E-state index is 12.1. The first-order valence-electron chi connectivity index (χ1n) is 8.22. The van der Waals surface area contributed by atoms with Crippen molar-refractivity contribution < 1.29 is 32.6 Å². The zero-order valence-electron chi connectivity index (χ0n) is 14.1. The van der Waals surface area contributed by atoms with Crippen LogP contribution in [0.4, 0.5) is 18.0 Å². The number of nitrogens with zero attached hydrogens (tertiary/aromatic N) is 1. The average molecular weight is 374 g/mol. The first kappa shape index (κ1) is 20.0. The van der Waals surface area contributed by atoms with E-state index in [4.69, 9.17) is 5.11 Å². The lowest BCUT2D eigenvalue weighted by atomic mass is 9.99. The number of urea groups is 1. The Kier molecular flexibility index (Phi) is 6.84. The Bertz CT molecular complexity index is 619. The third kappa shape index (κ3) is 6.55. The maximum Gasteiger partial charge on any atom is 0.411 e. The van der Waals surface area contributed by atoms with Crippen LogP contribution >= 0.6 is 0 Å². The number of carbonyl (C=O) groups is 2. The standard InChI is InChI=1S/C17H21F3N2O4/c18-17(19,20)11-26-10-13-5-3-12(4-6-13)8-21-16(25)22-7-1-2-14(9-22)15(23)24/h3-6,14H,1-2,7-11H2,(H,21,25)(H,23,24). The van der Waals surface area contributed by atoms with Crippen molar-refractivity contribution in [2.24, 2.45) is 5.92 Å². The summed E-state index contributed by atoms with van der Waals surface area (Å²) in [7, 11) is 0. The molecule has 2 N–H and O–H groups in total. The molecule has 1 saturated heterocycles. The van der Waals surface area contributed by atoms with Crippen molar-refractivity contribution in [1.29, 1.82) is 0 Å². The van der Waals surface area contributed by atoms with Crippen LogP contribution in [0.5, 0.6) is 0 Å². The molecule has 2 rings (SSSR count). The normalized spacial score (nSPS) is 17.8. The summed E-state index contributed by atoms with van der Waals surface area (Å²) < 4.78 is 40.6. The van der Waals surface area contributed by atoms with Gasteiger partial charge in [-0.15, -0.1) is 0 Å². The number of hydrogen-bond acceptors (Lipinski definition) is 3. The number of carboxylic acid groups (broad SMARTS) is 1. The van der Waals surface area contributed by atoms with Crippen molar-refractivity contribution in [3.8, 4) is 0 Å². The highest BCUT2D eigenvalue weighted by Crippen LogP contribution is 2.17. The van der Waals surface area contributed by atoms with Crippen LogP contribution in [0.1, 0.15) is 24.0 Å². The molecule has 2 amide bonds. The van der Waals surface area contributed by atoms with Gasteiger partial charge in [-0.1, -0.05) is 24.3 Å². The Morgan fingerprint density at radius 1 is 1.23 bits per heavy atom. The van der Waals surface area contributed by atoms with Gasteiger partial charge in [-0.3, -0.25) is 4.79 Å². The summed E-state index contributed by atoms with van der Waals surface area (Å²) in [6.07, 6.45) is -3.13. The maximum absolute atomic E-state index is 12.1. The lowest BCUT2D eigenvalue weighted by molar-refractivity contribution is -0.176. The van der Waals surface area contributed by atoms with Gasteiger partial charge in [-0.2, -0.15) is 13.2 Å². The summed E-state index contributed by atoms with van der Waals surface area (Å²) in [5.74, 6) is -1.43. The predicted molar refractivity (Wildman–Crippen MR) is 86.3 cm³/mol. The van der Waals surface area contributed by atoms with E-state index < -0.39 is 24.7 Å². The van der Waals surface area contributed by atoms with Gasteiger partial charge in [0.05, 0.1) is 12.5 Å². The Labute approximate surface area is 148 Å². The molecule has 1 aromatic rings. The van der Waals surface area contributed by atoms with Crippen LogP contribution in [0.3, 0.4) is 0 Å². The molecule has 1 aromatic carbocycles. The van der Waals surface area contributed by atoms with E-state index in [9.17, 15) is 22.8 Å². The molecule has 1 aliphatic heterocycles. The molecule has 1 unspecified atom stereocenters. The number of aliphatic carboxylic acids is 1. The van der Waals surface area contributed by atoms with Crippen LogP contribution < -0.4 is 5.32 Å². The van der Waals surface area contributed by atoms with Gasteiger partial charge in [0.15, 0.2) is 0 Å². The molecular weight excluding hydrogens is 353 g/mol. The molecule has 0 spiro atoms. The molecule has 0 saturated carbocycles. The Hall–Kier alpha value is -2.29. The van der Waals surface area contributed by atoms with Crippen molar-refractivity contribution in [2.45, 2.75) is 32.2 Å². The summed E-state index contributed by atoms with van der Waals surface area (Å²) >= 11 is 0. The van der Waals surface area contributed by atoms with E-state index in [1.807, 2.05) is 0 Å². The molecule has 9 heteroatoms. The number of rotatable bonds is 6. The molecule has 0 aliphatic carbocycles. The average Bonchev–Trinajstić information content (AvgIpc) is 2.60. The summed E-state index contributed by atoms with van der Waals surface area (Å²) in [6, 6.07) is 6.35. The fourth-order valence-corrected chi connectivity index (χ4v) is 2.69. The van der Waals surface area contributed by atoms with E-state index in [0.29, 0.717) is 24.9 Å². The molecule has 0 aromatic heterocycles. The number of likely N-dealkylation sites (tertiary alicyclic amines) is 1. The highest BCUT2D eigenvalue weighted by Gasteiger charge is 2.28. The van der Waals surface area contributed by atoms with E-state index in [0.717, 1.165) is 5.56 Å². The quantitative estimate of drug-likeness (QED) is 0.803. The van der Waals surface area contributed by atoms with E-state index in [1.165, 1.54) is 4.90 Å². The number of halogens is 3. The van der Waals surface area contributed by atoms with E-state index in [-0.39, 0.29) is 25.7 Å². The zero-order valence-corrected chi connectivity index (χ0v) is 14.1. The van der Waals surface area contributed by atoms with Crippen molar-refractivity contribution in [3.05, 3.63) is 35.4 Å². The predicted octanol–water partition coefficient (Wildman–Crippen LogP) is 2.77. The number of hydrogen-bond donors (Lipinski definition) is 2. The summed E-state index contributed by atoms with van der Waals surface area (Å²) in [6.45, 7) is -0.479. The van der Waals surface area contributed by atoms with Crippen LogP contribution in [0.2, 0.25) is 0 Å². The molecule has 26 heavy (non-hydrogen) atoms. The molecule has 1 atom stereocenters. The topological polar surface area (TPSA) is 78.9 Å². The fraction of sp³-hybridized carbons (Fsp3) is 0.529. The fourth-order valence-electron chi connectivity index (χ4n) is 2.69. The van der Waals surface area contributed by atoms with Gasteiger partial charge < -0.3 is 20.1 Å². The van der Waals surface area contributed by atoms with Crippen LogP contribution in [-0.4, -0.2) is 47.9 Å². The number of carbonyl (C=O) groups excluding carboxylic acids is 1. The van der Waals surface area contributed by atoms with Crippen molar-refractivity contribution in [2.75, 3.05) is 19.7 Å². The molecule has 1 aliphatic rings. The van der Waals surface area contributed by atoms with Crippen LogP contribution in [0, 0.1) is 5.92 Å². The first-order chi connectivity index (χ1) is 12.2. The third-order valence-electron chi connectivity index (χ3n) is 4.06. The van der Waals surface area contributed by atoms with Gasteiger partial charge in [0.2, 0.25) is 0 Å². The second kappa shape index (κ2) is 8.88. The highest BCUT2D eigenvalue weighted by molar-refractivity contribution is 5.76. The lowest BCUT2D eigenvalue weighted by Gasteiger charge is -2.30. The van der Waals surface area contributed by atoms with Gasteiger partial charge in [0.25, 0.3) is 0 Å². The molecule has 144 valence electrons. The number of carboxylic acids is 1. The van der Waals surface area contributed by atoms with Crippen molar-refractivity contribution in [1.82, 2.24) is 10.2 Å². The summed E-state index contributed by atoms with van der Waals surface area (Å²) in [4.78, 5) is 24.7. The van der Waals surface area contributed by atoms with Crippen molar-refractivity contribution in [3.63, 3.8) is 0 Å². The zero-order chi connectivity index (χ0) is 19.2. The number of benzene rings is 1. The largest absolute Gasteiger partial charge is 0.481 e. The molecule has 6 nitrogen and oxygen atoms in total. The minimum absolute atomic E-state index is 0.142. The van der Waals surface area contributed by atoms with Gasteiger partial charge in [0.1, 0.15) is 6.61 Å². The lowest BCUT2D eigenvalue weighted by Crippen LogP contribution is -2.46. The van der Waals surface area contributed by atoms with Gasteiger partial charge in [-0.05, 0) is 24.0 Å². The first-order valence-corrected chi connectivity index (χ1v) is 8.22. The number of ether oxygens (including phenoxy) is 1. The Morgan fingerprint density at radius 3 is 2.50 bits per heavy atom. The molecule has 0 radical (unpaired) electrons. The minimum Gasteiger partial charge on any atom is -0.481 e.